The van der Waals surface area contributed by atoms with Gasteiger partial charge in [0.2, 0.25) is 0 Å². The fourth-order valence-corrected chi connectivity index (χ4v) is 5.79. The molecule has 1 saturated heterocycles. The second kappa shape index (κ2) is 9.45. The summed E-state index contributed by atoms with van der Waals surface area (Å²) in [6.45, 7) is 22.1. The van der Waals surface area contributed by atoms with Crippen molar-refractivity contribution < 1.29 is 13.6 Å². The molecular weight excluding hydrogens is 480 g/mol. The van der Waals surface area contributed by atoms with Gasteiger partial charge in [-0.3, -0.25) is 4.57 Å². The Balaban J connectivity index is 2.05. The van der Waals surface area contributed by atoms with E-state index < -0.39 is 41.1 Å². The van der Waals surface area contributed by atoms with Crippen molar-refractivity contribution in [3.63, 3.8) is 0 Å². The topological polar surface area (TPSA) is 146 Å². The zero-order chi connectivity index (χ0) is 26.4. The van der Waals surface area contributed by atoms with Gasteiger partial charge >= 0.3 is 0 Å². The van der Waals surface area contributed by atoms with E-state index in [9.17, 15) is 5.53 Å². The lowest BCUT2D eigenvalue weighted by Crippen LogP contribution is -2.49. The molecule has 0 saturated carbocycles. The van der Waals surface area contributed by atoms with Gasteiger partial charge in [0.1, 0.15) is 17.9 Å². The highest BCUT2D eigenvalue weighted by molar-refractivity contribution is 6.74. The van der Waals surface area contributed by atoms with E-state index in [2.05, 4.69) is 92.7 Å². The van der Waals surface area contributed by atoms with Gasteiger partial charge in [0.05, 0.1) is 25.1 Å². The van der Waals surface area contributed by atoms with E-state index >= 15 is 0 Å². The van der Waals surface area contributed by atoms with Crippen molar-refractivity contribution in [1.29, 1.82) is 0 Å². The molecule has 2 aromatic heterocycles. The van der Waals surface area contributed by atoms with Crippen LogP contribution in [0.2, 0.25) is 36.3 Å². The highest BCUT2D eigenvalue weighted by Gasteiger charge is 2.51. The highest BCUT2D eigenvalue weighted by atomic mass is 28.4. The molecule has 0 spiro atoms. The summed E-state index contributed by atoms with van der Waals surface area (Å²) in [6, 6.07) is -0.583. The number of imidazole rings is 1. The van der Waals surface area contributed by atoms with Crippen molar-refractivity contribution in [2.45, 2.75) is 102 Å². The Morgan fingerprint density at radius 1 is 1.09 bits per heavy atom. The molecule has 1 aliphatic heterocycles. The van der Waals surface area contributed by atoms with Crippen LogP contribution < -0.4 is 5.73 Å². The number of azide groups is 1. The Kier molecular flexibility index (Phi) is 7.44. The smallest absolute Gasteiger partial charge is 0.192 e. The Labute approximate surface area is 209 Å². The molecule has 3 heterocycles. The summed E-state index contributed by atoms with van der Waals surface area (Å²) in [5, 5.41) is 4.15. The Morgan fingerprint density at radius 2 is 1.71 bits per heavy atom. The average Bonchev–Trinajstić information content (AvgIpc) is 3.28. The third-order valence-corrected chi connectivity index (χ3v) is 16.8. The molecule has 2 unspecified atom stereocenters. The van der Waals surface area contributed by atoms with Gasteiger partial charge in [-0.2, -0.15) is 0 Å². The van der Waals surface area contributed by atoms with Crippen LogP contribution in [0, 0.1) is 0 Å². The Morgan fingerprint density at radius 3 is 2.29 bits per heavy atom. The largest absolute Gasteiger partial charge is 0.414 e. The fraction of sp³-hybridized carbons (Fsp3) is 0.773. The minimum atomic E-state index is -2.28. The van der Waals surface area contributed by atoms with Gasteiger partial charge in [-0.15, -0.1) is 0 Å². The van der Waals surface area contributed by atoms with Gasteiger partial charge in [0.25, 0.3) is 0 Å². The molecular formula is C22H40N8O3Si2. The number of nitrogens with zero attached hydrogens (tertiary/aromatic N) is 7. The SMILES string of the molecule is CC(C)(C)[Si](C)(C)OC[C@H]1O[C@@H](n2cnc3c(N)ncnc32)C(O[Si](C)(C)C(C)(C)C)C1N=[N+]=[N-]. The van der Waals surface area contributed by atoms with Crippen molar-refractivity contribution in [3.05, 3.63) is 23.1 Å². The lowest BCUT2D eigenvalue weighted by atomic mass is 10.1. The molecule has 13 heteroatoms. The van der Waals surface area contributed by atoms with Crippen molar-refractivity contribution in [3.8, 4) is 0 Å². The lowest BCUT2D eigenvalue weighted by Gasteiger charge is -2.40. The summed E-state index contributed by atoms with van der Waals surface area (Å²) < 4.78 is 21.7. The number of nitrogens with two attached hydrogens (primary N) is 1. The highest BCUT2D eigenvalue weighted by Crippen LogP contribution is 2.44. The van der Waals surface area contributed by atoms with E-state index in [1.165, 1.54) is 6.33 Å². The third kappa shape index (κ3) is 5.39. The summed E-state index contributed by atoms with van der Waals surface area (Å²) >= 11 is 0. The predicted octanol–water partition coefficient (Wildman–Crippen LogP) is 5.40. The molecule has 0 bridgehead atoms. The first-order valence-corrected chi connectivity index (χ1v) is 17.8. The van der Waals surface area contributed by atoms with Crippen LogP contribution in [0.25, 0.3) is 21.6 Å². The first-order valence-electron chi connectivity index (χ1n) is 11.9. The number of ether oxygens (including phenoxy) is 1. The monoisotopic (exact) mass is 520 g/mol. The van der Waals surface area contributed by atoms with Gasteiger partial charge in [-0.05, 0) is 41.8 Å². The van der Waals surface area contributed by atoms with Gasteiger partial charge in [0, 0.05) is 4.91 Å². The standard InChI is InChI=1S/C22H40N8O3Si2/c1-21(2,3)34(7,8)31-11-14-15(28-29-24)17(33-35(9,10)22(4,5)6)20(32-14)30-13-27-16-18(23)25-12-26-19(16)30/h12-15,17,20H,11H2,1-10H3,(H2,23,25,26)/t14-,15?,17?,20-/m1/s1. The van der Waals surface area contributed by atoms with Crippen molar-refractivity contribution in [2.24, 2.45) is 5.11 Å². The van der Waals surface area contributed by atoms with Crippen LogP contribution in [0.15, 0.2) is 17.8 Å². The zero-order valence-electron chi connectivity index (χ0n) is 22.6. The van der Waals surface area contributed by atoms with Crippen LogP contribution in [0.3, 0.4) is 0 Å². The van der Waals surface area contributed by atoms with Crippen LogP contribution in [0.5, 0.6) is 0 Å². The lowest BCUT2D eigenvalue weighted by molar-refractivity contribution is -0.0445. The molecule has 0 amide bonds. The summed E-state index contributed by atoms with van der Waals surface area (Å²) in [4.78, 5) is 16.0. The molecule has 2 aromatic rings. The van der Waals surface area contributed by atoms with Crippen molar-refractivity contribution >= 4 is 33.6 Å². The normalized spacial score (nSPS) is 24.1. The fourth-order valence-electron chi connectivity index (χ4n) is 3.49. The maximum Gasteiger partial charge on any atom is 0.192 e. The number of hydrogen-bond donors (Lipinski definition) is 1. The van der Waals surface area contributed by atoms with Crippen LogP contribution in [0.4, 0.5) is 5.82 Å². The van der Waals surface area contributed by atoms with Gasteiger partial charge in [-0.25, -0.2) is 15.0 Å². The maximum atomic E-state index is 9.47. The minimum Gasteiger partial charge on any atom is -0.414 e. The van der Waals surface area contributed by atoms with E-state index in [0.29, 0.717) is 17.8 Å². The van der Waals surface area contributed by atoms with Crippen LogP contribution in [0.1, 0.15) is 47.8 Å². The van der Waals surface area contributed by atoms with Gasteiger partial charge < -0.3 is 19.3 Å². The predicted molar refractivity (Wildman–Crippen MR) is 142 cm³/mol. The third-order valence-electron chi connectivity index (χ3n) is 7.81. The minimum absolute atomic E-state index is 0.0328. The Hall–Kier alpha value is -2.03. The number of aromatic nitrogens is 4. The van der Waals surface area contributed by atoms with Gasteiger partial charge in [-0.1, -0.05) is 46.7 Å². The Bertz CT molecular complexity index is 1100. The second-order valence-corrected chi connectivity index (χ2v) is 21.8. The van der Waals surface area contributed by atoms with Crippen LogP contribution in [-0.2, 0) is 13.6 Å². The zero-order valence-corrected chi connectivity index (χ0v) is 24.6. The van der Waals surface area contributed by atoms with Crippen LogP contribution in [-0.4, -0.2) is 61.0 Å². The van der Waals surface area contributed by atoms with E-state index in [1.54, 1.807) is 10.9 Å². The molecule has 2 N–H and O–H groups in total. The first-order chi connectivity index (χ1) is 16.0. The number of fused-ring (bicyclic) bond motifs is 1. The molecule has 194 valence electrons. The second-order valence-electron chi connectivity index (χ2n) is 12.3. The summed E-state index contributed by atoms with van der Waals surface area (Å²) in [5.41, 5.74) is 16.5. The number of hydrogen-bond acceptors (Lipinski definition) is 8. The van der Waals surface area contributed by atoms with E-state index in [1.807, 2.05) is 0 Å². The number of nitrogen functional groups attached to an aromatic ring is 1. The number of anilines is 1. The van der Waals surface area contributed by atoms with Crippen LogP contribution >= 0.6 is 0 Å². The maximum absolute atomic E-state index is 9.47. The summed E-state index contributed by atoms with van der Waals surface area (Å²) in [6.07, 6.45) is 1.38. The molecule has 35 heavy (non-hydrogen) atoms. The molecule has 4 atom stereocenters. The van der Waals surface area contributed by atoms with Crippen molar-refractivity contribution in [1.82, 2.24) is 19.5 Å². The van der Waals surface area contributed by atoms with E-state index in [0.717, 1.165) is 0 Å². The van der Waals surface area contributed by atoms with Crippen molar-refractivity contribution in [2.75, 3.05) is 12.3 Å². The average molecular weight is 521 g/mol. The molecule has 0 radical (unpaired) electrons. The number of rotatable bonds is 7. The molecule has 1 fully saturated rings. The summed E-state index contributed by atoms with van der Waals surface area (Å²) in [5.74, 6) is 0.290. The first kappa shape index (κ1) is 27.6. The molecule has 11 nitrogen and oxygen atoms in total. The van der Waals surface area contributed by atoms with Gasteiger partial charge in [0.15, 0.2) is 34.3 Å². The molecule has 0 aromatic carbocycles. The van der Waals surface area contributed by atoms with E-state index in [-0.39, 0.29) is 15.9 Å². The van der Waals surface area contributed by atoms with E-state index in [4.69, 9.17) is 19.3 Å². The molecule has 1 aliphatic rings. The summed E-state index contributed by atoms with van der Waals surface area (Å²) in [7, 11) is -4.35. The molecule has 0 aliphatic carbocycles. The molecule has 3 rings (SSSR count). The quantitative estimate of drug-likeness (QED) is 0.222.